The van der Waals surface area contributed by atoms with Crippen molar-refractivity contribution in [3.8, 4) is 0 Å². The van der Waals surface area contributed by atoms with Gasteiger partial charge in [0.15, 0.2) is 5.69 Å². The molecule has 0 spiro atoms. The molecule has 0 aliphatic carbocycles. The summed E-state index contributed by atoms with van der Waals surface area (Å²) in [6, 6.07) is 3.90. The van der Waals surface area contributed by atoms with E-state index in [1.165, 1.54) is 31.1 Å². The maximum absolute atomic E-state index is 13.8. The number of aromatic nitrogens is 2. The number of H-pyrrole nitrogens is 1. The van der Waals surface area contributed by atoms with Crippen LogP contribution in [0.25, 0.3) is 0 Å². The third-order valence-corrected chi connectivity index (χ3v) is 3.88. The van der Waals surface area contributed by atoms with E-state index in [9.17, 15) is 14.0 Å². The predicted octanol–water partition coefficient (Wildman–Crippen LogP) is 1.57. The van der Waals surface area contributed by atoms with Crippen LogP contribution in [0.5, 0.6) is 0 Å². The molecular formula is C16H19ClFN5O2. The smallest absolute Gasteiger partial charge is 0.276 e. The molecule has 1 aromatic heterocycles. The van der Waals surface area contributed by atoms with Crippen molar-refractivity contribution in [2.24, 2.45) is 0 Å². The second kappa shape index (κ2) is 7.62. The molecule has 0 atom stereocenters. The van der Waals surface area contributed by atoms with Crippen LogP contribution in [-0.2, 0) is 13.0 Å². The van der Waals surface area contributed by atoms with E-state index < -0.39 is 17.6 Å². The van der Waals surface area contributed by atoms with Gasteiger partial charge in [-0.3, -0.25) is 14.7 Å². The van der Waals surface area contributed by atoms with Crippen molar-refractivity contribution in [1.82, 2.24) is 20.4 Å². The molecule has 2 aromatic rings. The fourth-order valence-corrected chi connectivity index (χ4v) is 2.61. The number of carbonyl (C=O) groups is 2. The van der Waals surface area contributed by atoms with Crippen molar-refractivity contribution < 1.29 is 14.0 Å². The largest absolute Gasteiger partial charge is 0.345 e. The Morgan fingerprint density at radius 1 is 1.32 bits per heavy atom. The van der Waals surface area contributed by atoms with Gasteiger partial charge in [-0.1, -0.05) is 0 Å². The maximum atomic E-state index is 13.8. The van der Waals surface area contributed by atoms with Crippen molar-refractivity contribution in [2.75, 3.05) is 26.0 Å². The lowest BCUT2D eigenvalue weighted by Gasteiger charge is -2.14. The van der Waals surface area contributed by atoms with Crippen LogP contribution in [0.4, 0.5) is 10.1 Å². The van der Waals surface area contributed by atoms with Crippen molar-refractivity contribution in [2.45, 2.75) is 13.0 Å². The summed E-state index contributed by atoms with van der Waals surface area (Å²) in [6.45, 7) is 1.41. The summed E-state index contributed by atoms with van der Waals surface area (Å²) in [6.07, 6.45) is 0.785. The van der Waals surface area contributed by atoms with E-state index in [2.05, 4.69) is 20.8 Å². The van der Waals surface area contributed by atoms with Gasteiger partial charge in [0.2, 0.25) is 0 Å². The number of anilines is 1. The number of benzene rings is 1. The highest BCUT2D eigenvalue weighted by atomic mass is 35.5. The summed E-state index contributed by atoms with van der Waals surface area (Å²) in [5.74, 6) is -1.50. The standard InChI is InChI=1S/C16H18FN5O2.ClH/c1-22(2)16(24)10-7-9(3-4-12(10)17)19-15(23)14-11-8-18-6-5-13(11)20-21-14;/h3-4,7,18H,5-6,8H2,1-2H3,(H,19,23)(H,20,21);1H. The van der Waals surface area contributed by atoms with Crippen LogP contribution in [0, 0.1) is 5.82 Å². The molecule has 3 N–H and O–H groups in total. The Bertz CT molecular complexity index is 806. The van der Waals surface area contributed by atoms with Gasteiger partial charge < -0.3 is 15.5 Å². The normalized spacial score (nSPS) is 12.8. The lowest BCUT2D eigenvalue weighted by atomic mass is 10.1. The summed E-state index contributed by atoms with van der Waals surface area (Å²) in [7, 11) is 3.08. The third kappa shape index (κ3) is 3.80. The van der Waals surface area contributed by atoms with Gasteiger partial charge in [-0.2, -0.15) is 5.10 Å². The Morgan fingerprint density at radius 2 is 2.08 bits per heavy atom. The minimum absolute atomic E-state index is 0. The number of halogens is 2. The van der Waals surface area contributed by atoms with Crippen LogP contribution in [0.3, 0.4) is 0 Å². The molecule has 1 aromatic carbocycles. The van der Waals surface area contributed by atoms with Gasteiger partial charge in [0.05, 0.1) is 5.56 Å². The van der Waals surface area contributed by atoms with Crippen molar-refractivity contribution in [3.63, 3.8) is 0 Å². The Balaban J connectivity index is 0.00000225. The predicted molar refractivity (Wildman–Crippen MR) is 93.6 cm³/mol. The van der Waals surface area contributed by atoms with Crippen molar-refractivity contribution in [1.29, 1.82) is 0 Å². The topological polar surface area (TPSA) is 90.1 Å². The van der Waals surface area contributed by atoms with E-state index in [0.717, 1.165) is 30.3 Å². The van der Waals surface area contributed by atoms with E-state index in [0.29, 0.717) is 17.9 Å². The molecule has 134 valence electrons. The first-order valence-corrected chi connectivity index (χ1v) is 7.56. The molecule has 3 rings (SSSR count). The minimum atomic E-state index is -0.631. The Hall–Kier alpha value is -2.45. The van der Waals surface area contributed by atoms with Crippen molar-refractivity contribution in [3.05, 3.63) is 46.5 Å². The second-order valence-electron chi connectivity index (χ2n) is 5.80. The summed E-state index contributed by atoms with van der Waals surface area (Å²) in [5, 5.41) is 12.8. The Morgan fingerprint density at radius 3 is 2.80 bits per heavy atom. The number of nitrogens with one attached hydrogen (secondary N) is 3. The first kappa shape index (κ1) is 18.9. The van der Waals surface area contributed by atoms with Gasteiger partial charge in [0.25, 0.3) is 11.8 Å². The fraction of sp³-hybridized carbons (Fsp3) is 0.312. The van der Waals surface area contributed by atoms with Gasteiger partial charge in [0, 0.05) is 50.6 Å². The average Bonchev–Trinajstić information content (AvgIpc) is 3.00. The molecule has 0 saturated carbocycles. The minimum Gasteiger partial charge on any atom is -0.345 e. The highest BCUT2D eigenvalue weighted by Crippen LogP contribution is 2.19. The molecule has 7 nitrogen and oxygen atoms in total. The molecule has 1 aliphatic rings. The Kier molecular flexibility index (Phi) is 5.76. The zero-order chi connectivity index (χ0) is 17.3. The number of rotatable bonds is 3. The van der Waals surface area contributed by atoms with E-state index in [-0.39, 0.29) is 18.0 Å². The number of hydrogen-bond acceptors (Lipinski definition) is 4. The highest BCUT2D eigenvalue weighted by Gasteiger charge is 2.22. The zero-order valence-corrected chi connectivity index (χ0v) is 14.7. The monoisotopic (exact) mass is 367 g/mol. The van der Waals surface area contributed by atoms with Gasteiger partial charge in [-0.25, -0.2) is 4.39 Å². The molecular weight excluding hydrogens is 349 g/mol. The molecule has 0 bridgehead atoms. The lowest BCUT2D eigenvalue weighted by Crippen LogP contribution is -2.25. The SMILES string of the molecule is CN(C)C(=O)c1cc(NC(=O)c2n[nH]c3c2CNCC3)ccc1F.Cl. The molecule has 2 heterocycles. The number of nitrogens with zero attached hydrogens (tertiary/aromatic N) is 2. The summed E-state index contributed by atoms with van der Waals surface area (Å²) in [5.41, 5.74) is 2.34. The molecule has 2 amide bonds. The van der Waals surface area contributed by atoms with Gasteiger partial charge in [-0.05, 0) is 18.2 Å². The fourth-order valence-electron chi connectivity index (χ4n) is 2.61. The number of fused-ring (bicyclic) bond motifs is 1. The van der Waals surface area contributed by atoms with E-state index >= 15 is 0 Å². The number of carbonyl (C=O) groups excluding carboxylic acids is 2. The molecule has 0 radical (unpaired) electrons. The second-order valence-corrected chi connectivity index (χ2v) is 5.80. The summed E-state index contributed by atoms with van der Waals surface area (Å²) in [4.78, 5) is 25.7. The number of aromatic amines is 1. The first-order chi connectivity index (χ1) is 11.5. The van der Waals surface area contributed by atoms with E-state index in [4.69, 9.17) is 0 Å². The first-order valence-electron chi connectivity index (χ1n) is 7.56. The van der Waals surface area contributed by atoms with Crippen LogP contribution < -0.4 is 10.6 Å². The van der Waals surface area contributed by atoms with E-state index in [1.807, 2.05) is 0 Å². The molecule has 0 unspecified atom stereocenters. The van der Waals surface area contributed by atoms with Gasteiger partial charge >= 0.3 is 0 Å². The Labute approximate surface area is 150 Å². The average molecular weight is 368 g/mol. The van der Waals surface area contributed by atoms with Gasteiger partial charge in [-0.15, -0.1) is 12.4 Å². The maximum Gasteiger partial charge on any atom is 0.276 e. The quantitative estimate of drug-likeness (QED) is 0.768. The van der Waals surface area contributed by atoms with Crippen molar-refractivity contribution >= 4 is 29.9 Å². The lowest BCUT2D eigenvalue weighted by molar-refractivity contribution is 0.0822. The van der Waals surface area contributed by atoms with Crippen LogP contribution >= 0.6 is 12.4 Å². The number of amides is 2. The molecule has 9 heteroatoms. The molecule has 25 heavy (non-hydrogen) atoms. The summed E-state index contributed by atoms with van der Waals surface area (Å²) < 4.78 is 13.8. The van der Waals surface area contributed by atoms with Gasteiger partial charge in [0.1, 0.15) is 5.82 Å². The third-order valence-electron chi connectivity index (χ3n) is 3.88. The zero-order valence-electron chi connectivity index (χ0n) is 13.9. The van der Waals surface area contributed by atoms with Crippen LogP contribution in [0.2, 0.25) is 0 Å². The highest BCUT2D eigenvalue weighted by molar-refractivity contribution is 6.05. The molecule has 1 aliphatic heterocycles. The van der Waals surface area contributed by atoms with E-state index in [1.54, 1.807) is 0 Å². The molecule has 0 saturated heterocycles. The summed E-state index contributed by atoms with van der Waals surface area (Å²) >= 11 is 0. The molecule has 0 fully saturated rings. The number of hydrogen-bond donors (Lipinski definition) is 3. The van der Waals surface area contributed by atoms with Crippen LogP contribution in [-0.4, -0.2) is 47.6 Å². The van der Waals surface area contributed by atoms with Crippen LogP contribution in [0.1, 0.15) is 32.1 Å². The van der Waals surface area contributed by atoms with Crippen LogP contribution in [0.15, 0.2) is 18.2 Å².